The fourth-order valence-electron chi connectivity index (χ4n) is 2.86. The van der Waals surface area contributed by atoms with Crippen molar-refractivity contribution in [3.8, 4) is 0 Å². The van der Waals surface area contributed by atoms with Gasteiger partial charge in [-0.3, -0.25) is 4.79 Å². The number of carbonyl (C=O) groups excluding carboxylic acids is 1. The molecular formula is C20H23ClN2O2. The van der Waals surface area contributed by atoms with Gasteiger partial charge in [0, 0.05) is 24.0 Å². The molecule has 0 unspecified atom stereocenters. The minimum absolute atomic E-state index is 0. The molecule has 0 atom stereocenters. The van der Waals surface area contributed by atoms with Gasteiger partial charge in [0.15, 0.2) is 5.76 Å². The van der Waals surface area contributed by atoms with Crippen LogP contribution in [-0.4, -0.2) is 23.9 Å². The minimum Gasteiger partial charge on any atom is -0.451 e. The third kappa shape index (κ3) is 4.21. The van der Waals surface area contributed by atoms with E-state index in [-0.39, 0.29) is 18.3 Å². The average Bonchev–Trinajstić information content (AvgIpc) is 2.96. The Morgan fingerprint density at radius 1 is 1.08 bits per heavy atom. The first-order valence-corrected chi connectivity index (χ1v) is 8.22. The maximum Gasteiger partial charge on any atom is 0.290 e. The molecule has 1 heterocycles. The van der Waals surface area contributed by atoms with Crippen LogP contribution in [0.15, 0.2) is 59.0 Å². The first kappa shape index (κ1) is 19.0. The predicted molar refractivity (Wildman–Crippen MR) is 103 cm³/mol. The summed E-state index contributed by atoms with van der Waals surface area (Å²) in [5.41, 5.74) is 8.37. The molecular weight excluding hydrogens is 336 g/mol. The number of carbonyl (C=O) groups is 1. The summed E-state index contributed by atoms with van der Waals surface area (Å²) in [5, 5.41) is 0.985. The van der Waals surface area contributed by atoms with Gasteiger partial charge in [0.2, 0.25) is 0 Å². The molecule has 0 radical (unpaired) electrons. The molecule has 0 spiro atoms. The third-order valence-corrected chi connectivity index (χ3v) is 4.17. The van der Waals surface area contributed by atoms with Crippen LogP contribution in [0.1, 0.15) is 28.1 Å². The molecule has 0 aliphatic heterocycles. The lowest BCUT2D eigenvalue weighted by molar-refractivity contribution is 0.0711. The molecule has 4 nitrogen and oxygen atoms in total. The Labute approximate surface area is 154 Å². The van der Waals surface area contributed by atoms with E-state index >= 15 is 0 Å². The van der Waals surface area contributed by atoms with E-state index in [0.29, 0.717) is 25.4 Å². The van der Waals surface area contributed by atoms with Gasteiger partial charge in [0.1, 0.15) is 5.58 Å². The van der Waals surface area contributed by atoms with Crippen LogP contribution in [0.2, 0.25) is 0 Å². The van der Waals surface area contributed by atoms with E-state index in [1.54, 1.807) is 0 Å². The second kappa shape index (κ2) is 8.70. The fraction of sp³-hybridized carbons (Fsp3) is 0.250. The van der Waals surface area contributed by atoms with Gasteiger partial charge in [0.05, 0.1) is 0 Å². The molecule has 2 N–H and O–H groups in total. The van der Waals surface area contributed by atoms with Crippen LogP contribution in [0.5, 0.6) is 0 Å². The van der Waals surface area contributed by atoms with Crippen LogP contribution in [-0.2, 0) is 6.54 Å². The Hall–Kier alpha value is -2.30. The van der Waals surface area contributed by atoms with Crippen LogP contribution < -0.4 is 5.73 Å². The molecule has 0 fully saturated rings. The van der Waals surface area contributed by atoms with Gasteiger partial charge >= 0.3 is 0 Å². The zero-order chi connectivity index (χ0) is 16.9. The molecule has 132 valence electrons. The van der Waals surface area contributed by atoms with Crippen molar-refractivity contribution in [2.45, 2.75) is 19.9 Å². The highest BCUT2D eigenvalue weighted by molar-refractivity contribution is 5.98. The van der Waals surface area contributed by atoms with E-state index in [2.05, 4.69) is 0 Å². The SMILES string of the molecule is Cc1c(C(=O)N(CCCN)Cc2ccccc2)oc2ccccc12.Cl. The number of hydrogen-bond donors (Lipinski definition) is 1. The van der Waals surface area contributed by atoms with Crippen LogP contribution in [0.25, 0.3) is 11.0 Å². The highest BCUT2D eigenvalue weighted by Gasteiger charge is 2.23. The first-order chi connectivity index (χ1) is 11.7. The standard InChI is InChI=1S/C20H22N2O2.ClH/c1-15-17-10-5-6-11-18(17)24-19(15)20(23)22(13-7-12-21)14-16-8-3-2-4-9-16;/h2-6,8-11H,7,12-14,21H2,1H3;1H. The fourth-order valence-corrected chi connectivity index (χ4v) is 2.86. The Kier molecular flexibility index (Phi) is 6.62. The topological polar surface area (TPSA) is 59.5 Å². The lowest BCUT2D eigenvalue weighted by atomic mass is 10.1. The minimum atomic E-state index is -0.0824. The van der Waals surface area contributed by atoms with Gasteiger partial charge in [-0.15, -0.1) is 12.4 Å². The smallest absolute Gasteiger partial charge is 0.290 e. The molecule has 3 aromatic rings. The van der Waals surface area contributed by atoms with Crippen LogP contribution >= 0.6 is 12.4 Å². The molecule has 5 heteroatoms. The molecule has 1 aromatic heterocycles. The second-order valence-electron chi connectivity index (χ2n) is 5.91. The van der Waals surface area contributed by atoms with E-state index in [1.165, 1.54) is 0 Å². The van der Waals surface area contributed by atoms with Gasteiger partial charge in [-0.05, 0) is 31.5 Å². The van der Waals surface area contributed by atoms with Crippen molar-refractivity contribution in [2.75, 3.05) is 13.1 Å². The number of nitrogens with zero attached hydrogens (tertiary/aromatic N) is 1. The zero-order valence-corrected chi connectivity index (χ0v) is 15.1. The van der Waals surface area contributed by atoms with Crippen molar-refractivity contribution in [3.63, 3.8) is 0 Å². The van der Waals surface area contributed by atoms with Gasteiger partial charge < -0.3 is 15.1 Å². The molecule has 2 aromatic carbocycles. The number of amides is 1. The summed E-state index contributed by atoms with van der Waals surface area (Å²) in [4.78, 5) is 14.8. The van der Waals surface area contributed by atoms with Gasteiger partial charge in [0.25, 0.3) is 5.91 Å². The number of hydrogen-bond acceptors (Lipinski definition) is 3. The Balaban J connectivity index is 0.00000225. The van der Waals surface area contributed by atoms with Gasteiger partial charge in [-0.25, -0.2) is 0 Å². The Bertz CT molecular complexity index is 830. The normalized spacial score (nSPS) is 10.5. The van der Waals surface area contributed by atoms with Crippen molar-refractivity contribution in [1.82, 2.24) is 4.90 Å². The number of halogens is 1. The number of nitrogens with two attached hydrogens (primary N) is 1. The van der Waals surface area contributed by atoms with Crippen LogP contribution in [0.3, 0.4) is 0 Å². The quantitative estimate of drug-likeness (QED) is 0.720. The summed E-state index contributed by atoms with van der Waals surface area (Å²) >= 11 is 0. The number of fused-ring (bicyclic) bond motifs is 1. The summed E-state index contributed by atoms with van der Waals surface area (Å²) in [6, 6.07) is 17.7. The summed E-state index contributed by atoms with van der Waals surface area (Å²) < 4.78 is 5.84. The molecule has 0 bridgehead atoms. The molecule has 0 saturated carbocycles. The number of para-hydroxylation sites is 1. The van der Waals surface area contributed by atoms with E-state index in [9.17, 15) is 4.79 Å². The number of benzene rings is 2. The van der Waals surface area contributed by atoms with E-state index in [4.69, 9.17) is 10.2 Å². The molecule has 0 aliphatic carbocycles. The predicted octanol–water partition coefficient (Wildman–Crippen LogP) is 4.15. The van der Waals surface area contributed by atoms with E-state index < -0.39 is 0 Å². The Morgan fingerprint density at radius 3 is 2.44 bits per heavy atom. The van der Waals surface area contributed by atoms with Crippen molar-refractivity contribution in [2.24, 2.45) is 5.73 Å². The average molecular weight is 359 g/mol. The third-order valence-electron chi connectivity index (χ3n) is 4.17. The maximum absolute atomic E-state index is 13.0. The molecule has 1 amide bonds. The number of furan rings is 1. The van der Waals surface area contributed by atoms with Gasteiger partial charge in [-0.2, -0.15) is 0 Å². The van der Waals surface area contributed by atoms with Crippen molar-refractivity contribution in [3.05, 3.63) is 71.5 Å². The molecule has 0 aliphatic rings. The molecule has 25 heavy (non-hydrogen) atoms. The largest absolute Gasteiger partial charge is 0.451 e. The Morgan fingerprint density at radius 2 is 1.76 bits per heavy atom. The highest BCUT2D eigenvalue weighted by Crippen LogP contribution is 2.26. The zero-order valence-electron chi connectivity index (χ0n) is 14.3. The van der Waals surface area contributed by atoms with Crippen molar-refractivity contribution in [1.29, 1.82) is 0 Å². The van der Waals surface area contributed by atoms with Crippen molar-refractivity contribution < 1.29 is 9.21 Å². The first-order valence-electron chi connectivity index (χ1n) is 8.22. The number of aryl methyl sites for hydroxylation is 1. The molecule has 3 rings (SSSR count). The van der Waals surface area contributed by atoms with Gasteiger partial charge in [-0.1, -0.05) is 48.5 Å². The van der Waals surface area contributed by atoms with E-state index in [1.807, 2.05) is 66.4 Å². The van der Waals surface area contributed by atoms with E-state index in [0.717, 1.165) is 28.5 Å². The molecule has 0 saturated heterocycles. The summed E-state index contributed by atoms with van der Waals surface area (Å²) in [7, 11) is 0. The van der Waals surface area contributed by atoms with Crippen LogP contribution in [0.4, 0.5) is 0 Å². The summed E-state index contributed by atoms with van der Waals surface area (Å²) in [6.07, 6.45) is 0.762. The number of rotatable bonds is 6. The second-order valence-corrected chi connectivity index (χ2v) is 5.91. The summed E-state index contributed by atoms with van der Waals surface area (Å²) in [5.74, 6) is 0.338. The monoisotopic (exact) mass is 358 g/mol. The lowest BCUT2D eigenvalue weighted by Gasteiger charge is -2.22. The summed E-state index contributed by atoms with van der Waals surface area (Å²) in [6.45, 7) is 3.65. The maximum atomic E-state index is 13.0. The van der Waals surface area contributed by atoms with Crippen LogP contribution in [0, 0.1) is 6.92 Å². The van der Waals surface area contributed by atoms with Crippen molar-refractivity contribution >= 4 is 29.3 Å². The highest BCUT2D eigenvalue weighted by atomic mass is 35.5. The lowest BCUT2D eigenvalue weighted by Crippen LogP contribution is -2.32.